The molecular weight excluding hydrogens is 360 g/mol. The van der Waals surface area contributed by atoms with Crippen LogP contribution in [0, 0.1) is 12.8 Å². The van der Waals surface area contributed by atoms with Gasteiger partial charge in [-0.05, 0) is 49.9 Å². The molecule has 0 fully saturated rings. The van der Waals surface area contributed by atoms with Crippen LogP contribution < -0.4 is 10.1 Å². The molecule has 3 aromatic rings. The zero-order chi connectivity index (χ0) is 19.6. The predicted octanol–water partition coefficient (Wildman–Crippen LogP) is 3.84. The quantitative estimate of drug-likeness (QED) is 0.625. The summed E-state index contributed by atoms with van der Waals surface area (Å²) in [7, 11) is 1.65. The second kappa shape index (κ2) is 8.17. The number of nitrogens with zero attached hydrogens (tertiary/aromatic N) is 3. The Labute approximate surface area is 163 Å². The van der Waals surface area contributed by atoms with Gasteiger partial charge < -0.3 is 10.1 Å². The molecule has 3 rings (SSSR count). The summed E-state index contributed by atoms with van der Waals surface area (Å²) >= 11 is 1.42. The van der Waals surface area contributed by atoms with Crippen LogP contribution in [0.4, 0.5) is 0 Å². The van der Waals surface area contributed by atoms with Crippen molar-refractivity contribution >= 4 is 34.2 Å². The van der Waals surface area contributed by atoms with Crippen LogP contribution in [0.5, 0.6) is 5.75 Å². The molecular formula is C20H26N4O2S. The largest absolute Gasteiger partial charge is 0.497 e. The van der Waals surface area contributed by atoms with Crippen LogP contribution in [-0.4, -0.2) is 39.4 Å². The first kappa shape index (κ1) is 19.5. The van der Waals surface area contributed by atoms with Crippen molar-refractivity contribution in [1.82, 2.24) is 19.9 Å². The number of nitrogens with one attached hydrogen (secondary N) is 1. The molecule has 0 spiro atoms. The number of aromatic nitrogens is 3. The summed E-state index contributed by atoms with van der Waals surface area (Å²) in [5, 5.41) is 13.2. The van der Waals surface area contributed by atoms with Crippen LogP contribution >= 0.6 is 11.8 Å². The Morgan fingerprint density at radius 3 is 2.74 bits per heavy atom. The lowest BCUT2D eigenvalue weighted by molar-refractivity contribution is -0.120. The minimum absolute atomic E-state index is 0.0198. The van der Waals surface area contributed by atoms with Gasteiger partial charge in [0, 0.05) is 18.0 Å². The van der Waals surface area contributed by atoms with Gasteiger partial charge in [-0.25, -0.2) is 0 Å². The maximum absolute atomic E-state index is 12.4. The molecule has 1 unspecified atom stereocenters. The number of aryl methyl sites for hydroxylation is 1. The minimum atomic E-state index is -0.258. The fourth-order valence-electron chi connectivity index (χ4n) is 2.95. The predicted molar refractivity (Wildman–Crippen MR) is 110 cm³/mol. The fourth-order valence-corrected chi connectivity index (χ4v) is 3.84. The van der Waals surface area contributed by atoms with Crippen molar-refractivity contribution in [2.45, 2.75) is 44.5 Å². The lowest BCUT2D eigenvalue weighted by atomic mass is 10.1. The molecule has 1 amide bonds. The number of methoxy groups -OCH3 is 1. The van der Waals surface area contributed by atoms with E-state index in [2.05, 4.69) is 36.3 Å². The van der Waals surface area contributed by atoms with Crippen LogP contribution in [0.1, 0.15) is 32.8 Å². The van der Waals surface area contributed by atoms with Gasteiger partial charge >= 0.3 is 0 Å². The maximum atomic E-state index is 12.4. The lowest BCUT2D eigenvalue weighted by Gasteiger charge is -2.13. The molecule has 2 aromatic heterocycles. The van der Waals surface area contributed by atoms with E-state index >= 15 is 0 Å². The summed E-state index contributed by atoms with van der Waals surface area (Å²) in [4.78, 5) is 12.4. The molecule has 144 valence electrons. The molecule has 0 aliphatic carbocycles. The molecule has 6 nitrogen and oxygen atoms in total. The Hall–Kier alpha value is -2.28. The van der Waals surface area contributed by atoms with E-state index in [0.29, 0.717) is 17.6 Å². The number of carbonyl (C=O) groups is 1. The van der Waals surface area contributed by atoms with Gasteiger partial charge in [-0.2, -0.15) is 0 Å². The molecule has 1 atom stereocenters. The summed E-state index contributed by atoms with van der Waals surface area (Å²) in [6, 6.07) is 7.98. The van der Waals surface area contributed by atoms with E-state index in [0.717, 1.165) is 34.3 Å². The van der Waals surface area contributed by atoms with E-state index in [1.54, 1.807) is 7.11 Å². The van der Waals surface area contributed by atoms with Gasteiger partial charge in [0.15, 0.2) is 10.8 Å². The Morgan fingerprint density at radius 2 is 2.04 bits per heavy atom. The normalized spacial score (nSPS) is 12.7. The average molecular weight is 387 g/mol. The summed E-state index contributed by atoms with van der Waals surface area (Å²) in [6.07, 6.45) is 0.973. The standard InChI is InChI=1S/C20H26N4O2S/c1-12(2)8-9-21-19(25)14(4)27-20-23-22-18-10-13(3)16-7-6-15(26-5)11-17(16)24(18)20/h6-7,10-12,14H,8-9H2,1-5H3,(H,21,25). The SMILES string of the molecule is COc1ccc2c(C)cc3nnc(SC(C)C(=O)NCCC(C)C)n3c2c1. The number of fused-ring (bicyclic) bond motifs is 3. The third-order valence-electron chi connectivity index (χ3n) is 4.55. The number of amides is 1. The number of thioether (sulfide) groups is 1. The highest BCUT2D eigenvalue weighted by Crippen LogP contribution is 2.30. The molecule has 1 N–H and O–H groups in total. The fraction of sp³-hybridized carbons (Fsp3) is 0.450. The highest BCUT2D eigenvalue weighted by Gasteiger charge is 2.19. The minimum Gasteiger partial charge on any atom is -0.497 e. The lowest BCUT2D eigenvalue weighted by Crippen LogP contribution is -2.32. The van der Waals surface area contributed by atoms with Crippen molar-refractivity contribution in [1.29, 1.82) is 0 Å². The third kappa shape index (κ3) is 4.18. The zero-order valence-corrected chi connectivity index (χ0v) is 17.3. The molecule has 2 heterocycles. The third-order valence-corrected chi connectivity index (χ3v) is 5.59. The summed E-state index contributed by atoms with van der Waals surface area (Å²) in [5.41, 5.74) is 2.87. The molecule has 0 bridgehead atoms. The van der Waals surface area contributed by atoms with E-state index in [1.807, 2.05) is 35.6 Å². The van der Waals surface area contributed by atoms with E-state index in [-0.39, 0.29) is 11.2 Å². The Balaban J connectivity index is 1.91. The van der Waals surface area contributed by atoms with Gasteiger partial charge in [0.1, 0.15) is 5.75 Å². The number of rotatable bonds is 7. The van der Waals surface area contributed by atoms with Crippen LogP contribution in [0.25, 0.3) is 16.6 Å². The summed E-state index contributed by atoms with van der Waals surface area (Å²) in [6.45, 7) is 8.94. The first-order chi connectivity index (χ1) is 12.9. The van der Waals surface area contributed by atoms with Gasteiger partial charge in [0.25, 0.3) is 0 Å². The number of hydrogen-bond acceptors (Lipinski definition) is 5. The van der Waals surface area contributed by atoms with Crippen molar-refractivity contribution in [3.63, 3.8) is 0 Å². The number of benzene rings is 1. The van der Waals surface area contributed by atoms with Crippen LogP contribution in [-0.2, 0) is 4.79 Å². The van der Waals surface area contributed by atoms with Gasteiger partial charge in [0.2, 0.25) is 5.91 Å². The molecule has 0 aliphatic heterocycles. The molecule has 1 aromatic carbocycles. The number of pyridine rings is 1. The van der Waals surface area contributed by atoms with Gasteiger partial charge in [-0.1, -0.05) is 25.6 Å². The van der Waals surface area contributed by atoms with E-state index in [9.17, 15) is 4.79 Å². The highest BCUT2D eigenvalue weighted by molar-refractivity contribution is 8.00. The highest BCUT2D eigenvalue weighted by atomic mass is 32.2. The molecule has 27 heavy (non-hydrogen) atoms. The first-order valence-electron chi connectivity index (χ1n) is 9.17. The van der Waals surface area contributed by atoms with Gasteiger partial charge in [0.05, 0.1) is 17.9 Å². The van der Waals surface area contributed by atoms with Crippen molar-refractivity contribution < 1.29 is 9.53 Å². The van der Waals surface area contributed by atoms with Crippen molar-refractivity contribution in [2.75, 3.05) is 13.7 Å². The van der Waals surface area contributed by atoms with Crippen LogP contribution in [0.2, 0.25) is 0 Å². The number of carbonyl (C=O) groups excluding carboxylic acids is 1. The molecule has 0 saturated heterocycles. The second-order valence-corrected chi connectivity index (χ2v) is 8.43. The Kier molecular flexibility index (Phi) is 5.89. The van der Waals surface area contributed by atoms with E-state index < -0.39 is 0 Å². The van der Waals surface area contributed by atoms with Crippen LogP contribution in [0.3, 0.4) is 0 Å². The van der Waals surface area contributed by atoms with Crippen molar-refractivity contribution in [3.8, 4) is 5.75 Å². The molecule has 0 radical (unpaired) electrons. The molecule has 7 heteroatoms. The number of ether oxygens (including phenoxy) is 1. The monoisotopic (exact) mass is 386 g/mol. The van der Waals surface area contributed by atoms with Gasteiger partial charge in [-0.15, -0.1) is 10.2 Å². The Bertz CT molecular complexity index is 967. The summed E-state index contributed by atoms with van der Waals surface area (Å²) in [5.74, 6) is 1.36. The van der Waals surface area contributed by atoms with Gasteiger partial charge in [-0.3, -0.25) is 9.20 Å². The van der Waals surface area contributed by atoms with Crippen LogP contribution in [0.15, 0.2) is 29.4 Å². The number of hydrogen-bond donors (Lipinski definition) is 1. The average Bonchev–Trinajstić information content (AvgIpc) is 3.03. The molecule has 0 aliphatic rings. The van der Waals surface area contributed by atoms with E-state index in [1.165, 1.54) is 11.8 Å². The topological polar surface area (TPSA) is 68.5 Å². The zero-order valence-electron chi connectivity index (χ0n) is 16.4. The Morgan fingerprint density at radius 1 is 1.26 bits per heavy atom. The molecule has 0 saturated carbocycles. The maximum Gasteiger partial charge on any atom is 0.233 e. The first-order valence-corrected chi connectivity index (χ1v) is 10.1. The van der Waals surface area contributed by atoms with E-state index in [4.69, 9.17) is 4.74 Å². The van der Waals surface area contributed by atoms with Crippen molar-refractivity contribution in [3.05, 3.63) is 29.8 Å². The van der Waals surface area contributed by atoms with Crippen molar-refractivity contribution in [2.24, 2.45) is 5.92 Å². The summed E-state index contributed by atoms with van der Waals surface area (Å²) < 4.78 is 7.38. The second-order valence-electron chi connectivity index (χ2n) is 7.12. The smallest absolute Gasteiger partial charge is 0.233 e.